The summed E-state index contributed by atoms with van der Waals surface area (Å²) in [5, 5.41) is 7.54. The zero-order valence-electron chi connectivity index (χ0n) is 17.1. The monoisotopic (exact) mass is 460 g/mol. The first-order chi connectivity index (χ1) is 15.0. The number of sulfonamides is 1. The molecule has 0 saturated heterocycles. The maximum Gasteiger partial charge on any atom is 0.316 e. The number of hydrogen-bond donors (Lipinski definition) is 2. The third kappa shape index (κ3) is 5.56. The second kappa shape index (κ2) is 9.28. The highest BCUT2D eigenvalue weighted by Crippen LogP contribution is 2.13. The molecule has 0 atom stereocenters. The Balaban J connectivity index is 1.67. The summed E-state index contributed by atoms with van der Waals surface area (Å²) in [4.78, 5) is 36.9. The molecule has 168 valence electrons. The van der Waals surface area contributed by atoms with E-state index in [1.54, 1.807) is 19.1 Å². The molecule has 1 aromatic heterocycles. The second-order valence-electron chi connectivity index (χ2n) is 7.18. The van der Waals surface area contributed by atoms with Crippen molar-refractivity contribution in [2.75, 3.05) is 5.32 Å². The Morgan fingerprint density at radius 1 is 1.03 bits per heavy atom. The molecule has 1 heterocycles. The van der Waals surface area contributed by atoms with E-state index in [4.69, 9.17) is 5.14 Å². The lowest BCUT2D eigenvalue weighted by Crippen LogP contribution is -2.42. The van der Waals surface area contributed by atoms with E-state index in [1.165, 1.54) is 47.3 Å². The number of amides is 1. The van der Waals surface area contributed by atoms with Crippen LogP contribution >= 0.6 is 0 Å². The lowest BCUT2D eigenvalue weighted by atomic mass is 10.1. The first-order valence-electron chi connectivity index (χ1n) is 9.52. The maximum absolute atomic E-state index is 13.6. The van der Waals surface area contributed by atoms with Crippen LogP contribution in [0.1, 0.15) is 11.1 Å². The number of aryl methyl sites for hydroxylation is 3. The number of nitrogens with one attached hydrogen (secondary N) is 1. The number of benzene rings is 2. The van der Waals surface area contributed by atoms with Gasteiger partial charge in [-0.3, -0.25) is 19.0 Å². The van der Waals surface area contributed by atoms with Gasteiger partial charge in [-0.05, 0) is 48.7 Å². The zero-order chi connectivity index (χ0) is 23.5. The van der Waals surface area contributed by atoms with Crippen LogP contribution in [-0.2, 0) is 34.3 Å². The number of primary sulfonamides is 1. The number of aromatic nitrogens is 2. The largest absolute Gasteiger partial charge is 0.324 e. The van der Waals surface area contributed by atoms with Gasteiger partial charge in [0.15, 0.2) is 0 Å². The van der Waals surface area contributed by atoms with Crippen LogP contribution in [0.4, 0.5) is 10.1 Å². The molecule has 0 saturated carbocycles. The summed E-state index contributed by atoms with van der Waals surface area (Å²) in [7, 11) is -3.79. The molecule has 0 aliphatic heterocycles. The van der Waals surface area contributed by atoms with E-state index in [2.05, 4.69) is 5.32 Å². The molecule has 9 nitrogen and oxygen atoms in total. The number of hydrogen-bond acceptors (Lipinski definition) is 5. The van der Waals surface area contributed by atoms with E-state index >= 15 is 0 Å². The fourth-order valence-corrected chi connectivity index (χ4v) is 3.48. The summed E-state index contributed by atoms with van der Waals surface area (Å²) in [5.74, 6) is -1.05. The van der Waals surface area contributed by atoms with E-state index in [9.17, 15) is 27.2 Å². The van der Waals surface area contributed by atoms with Crippen molar-refractivity contribution in [1.82, 2.24) is 9.13 Å². The van der Waals surface area contributed by atoms with Crippen molar-refractivity contribution in [2.24, 2.45) is 5.14 Å². The molecule has 2 aromatic carbocycles. The SMILES string of the molecule is Cc1ccc(NC(=O)Cn2ccn(CCc3ccc(S(N)(=O)=O)cc3)c(=O)c2=O)cc1F. The van der Waals surface area contributed by atoms with Gasteiger partial charge >= 0.3 is 11.1 Å². The lowest BCUT2D eigenvalue weighted by Gasteiger charge is -2.10. The number of rotatable bonds is 7. The van der Waals surface area contributed by atoms with Crippen LogP contribution in [0.3, 0.4) is 0 Å². The van der Waals surface area contributed by atoms with Gasteiger partial charge < -0.3 is 9.88 Å². The van der Waals surface area contributed by atoms with Gasteiger partial charge in [0.05, 0.1) is 4.90 Å². The lowest BCUT2D eigenvalue weighted by molar-refractivity contribution is -0.116. The first kappa shape index (κ1) is 23.1. The average Bonchev–Trinajstić information content (AvgIpc) is 2.73. The highest BCUT2D eigenvalue weighted by Gasteiger charge is 2.11. The van der Waals surface area contributed by atoms with Gasteiger partial charge in [0.1, 0.15) is 12.4 Å². The van der Waals surface area contributed by atoms with Crippen LogP contribution in [0.25, 0.3) is 0 Å². The van der Waals surface area contributed by atoms with Gasteiger partial charge in [0, 0.05) is 24.6 Å². The third-order valence-corrected chi connectivity index (χ3v) is 5.72. The molecule has 32 heavy (non-hydrogen) atoms. The predicted octanol–water partition coefficient (Wildman–Crippen LogP) is 0.986. The summed E-state index contributed by atoms with van der Waals surface area (Å²) in [6.07, 6.45) is 3.08. The van der Waals surface area contributed by atoms with Gasteiger partial charge in [-0.15, -0.1) is 0 Å². The van der Waals surface area contributed by atoms with Crippen LogP contribution in [0.15, 0.2) is 69.3 Å². The normalized spacial score (nSPS) is 11.3. The molecule has 0 bridgehead atoms. The molecule has 0 fully saturated rings. The molecule has 0 radical (unpaired) electrons. The molecule has 0 aliphatic carbocycles. The fourth-order valence-electron chi connectivity index (χ4n) is 2.96. The molecule has 0 aliphatic rings. The number of carbonyl (C=O) groups is 1. The van der Waals surface area contributed by atoms with E-state index in [1.807, 2.05) is 0 Å². The fraction of sp³-hybridized carbons (Fsp3) is 0.190. The number of nitrogens with two attached hydrogens (primary N) is 1. The Morgan fingerprint density at radius 2 is 1.66 bits per heavy atom. The predicted molar refractivity (Wildman–Crippen MR) is 116 cm³/mol. The van der Waals surface area contributed by atoms with E-state index in [-0.39, 0.29) is 17.1 Å². The van der Waals surface area contributed by atoms with Gasteiger partial charge in [-0.25, -0.2) is 17.9 Å². The van der Waals surface area contributed by atoms with Crippen LogP contribution in [0.5, 0.6) is 0 Å². The van der Waals surface area contributed by atoms with Crippen molar-refractivity contribution >= 4 is 21.6 Å². The van der Waals surface area contributed by atoms with Crippen molar-refractivity contribution in [1.29, 1.82) is 0 Å². The van der Waals surface area contributed by atoms with Crippen molar-refractivity contribution in [2.45, 2.75) is 31.3 Å². The highest BCUT2D eigenvalue weighted by molar-refractivity contribution is 7.89. The number of carbonyl (C=O) groups excluding carboxylic acids is 1. The molecule has 3 N–H and O–H groups in total. The van der Waals surface area contributed by atoms with E-state index < -0.39 is 39.4 Å². The Bertz CT molecular complexity index is 1380. The van der Waals surface area contributed by atoms with Crippen LogP contribution in [-0.4, -0.2) is 23.5 Å². The van der Waals surface area contributed by atoms with Gasteiger partial charge in [0.2, 0.25) is 15.9 Å². The summed E-state index contributed by atoms with van der Waals surface area (Å²) in [5.41, 5.74) is -0.250. The van der Waals surface area contributed by atoms with Crippen LogP contribution in [0.2, 0.25) is 0 Å². The van der Waals surface area contributed by atoms with E-state index in [0.29, 0.717) is 12.0 Å². The Labute approximate surface area is 183 Å². The van der Waals surface area contributed by atoms with Gasteiger partial charge in [-0.2, -0.15) is 0 Å². The molecule has 0 spiro atoms. The summed E-state index contributed by atoms with van der Waals surface area (Å²) in [6, 6.07) is 10.1. The van der Waals surface area contributed by atoms with Crippen molar-refractivity contribution in [3.63, 3.8) is 0 Å². The molecule has 3 aromatic rings. The van der Waals surface area contributed by atoms with Gasteiger partial charge in [0.25, 0.3) is 0 Å². The summed E-state index contributed by atoms with van der Waals surface area (Å²) in [6.45, 7) is 1.37. The van der Waals surface area contributed by atoms with Crippen LogP contribution in [0, 0.1) is 12.7 Å². The second-order valence-corrected chi connectivity index (χ2v) is 8.74. The Kier molecular flexibility index (Phi) is 6.70. The molecule has 0 unspecified atom stereocenters. The van der Waals surface area contributed by atoms with Gasteiger partial charge in [-0.1, -0.05) is 18.2 Å². The molecule has 11 heteroatoms. The molecular weight excluding hydrogens is 439 g/mol. The minimum absolute atomic E-state index is 0.0207. The quantitative estimate of drug-likeness (QED) is 0.507. The maximum atomic E-state index is 13.6. The minimum atomic E-state index is -3.79. The number of nitrogens with zero attached hydrogens (tertiary/aromatic N) is 2. The first-order valence-corrected chi connectivity index (χ1v) is 11.1. The summed E-state index contributed by atoms with van der Waals surface area (Å²) >= 11 is 0. The van der Waals surface area contributed by atoms with E-state index in [0.717, 1.165) is 10.1 Å². The Hall–Kier alpha value is -3.57. The summed E-state index contributed by atoms with van der Waals surface area (Å²) < 4.78 is 38.4. The molecule has 1 amide bonds. The molecule has 3 rings (SSSR count). The van der Waals surface area contributed by atoms with Crippen molar-refractivity contribution in [3.8, 4) is 0 Å². The Morgan fingerprint density at radius 3 is 2.28 bits per heavy atom. The smallest absolute Gasteiger partial charge is 0.316 e. The van der Waals surface area contributed by atoms with Crippen LogP contribution < -0.4 is 21.6 Å². The minimum Gasteiger partial charge on any atom is -0.324 e. The topological polar surface area (TPSA) is 133 Å². The van der Waals surface area contributed by atoms with Crippen molar-refractivity contribution in [3.05, 3.63) is 92.5 Å². The third-order valence-electron chi connectivity index (χ3n) is 4.79. The number of anilines is 1. The average molecular weight is 460 g/mol. The highest BCUT2D eigenvalue weighted by atomic mass is 32.2. The molecular formula is C21H21FN4O5S. The number of halogens is 1. The standard InChI is InChI=1S/C21H21FN4O5S/c1-14-2-5-16(12-18(14)22)24-19(27)13-26-11-10-25(20(28)21(26)29)9-8-15-3-6-17(7-4-15)32(23,30)31/h2-7,10-12H,8-9,13H2,1H3,(H,24,27)(H2,23,30,31). The van der Waals surface area contributed by atoms with Crippen molar-refractivity contribution < 1.29 is 17.6 Å². The zero-order valence-corrected chi connectivity index (χ0v) is 17.9.